The molecular formula is C18H19F2N5O. The number of alkyl halides is 2. The number of fused-ring (bicyclic) bond motifs is 1. The third-order valence-electron chi connectivity index (χ3n) is 4.56. The van der Waals surface area contributed by atoms with E-state index in [2.05, 4.69) is 20.6 Å². The molecule has 6 nitrogen and oxygen atoms in total. The Balaban J connectivity index is 1.68. The molecule has 1 aliphatic rings. The van der Waals surface area contributed by atoms with Crippen molar-refractivity contribution in [2.45, 2.75) is 25.0 Å². The van der Waals surface area contributed by atoms with Gasteiger partial charge in [-0.05, 0) is 30.7 Å². The quantitative estimate of drug-likeness (QED) is 0.667. The lowest BCUT2D eigenvalue weighted by molar-refractivity contribution is 0.0138. The Hall–Kier alpha value is -2.58. The molecule has 2 atom stereocenters. The van der Waals surface area contributed by atoms with Crippen molar-refractivity contribution in [2.24, 2.45) is 0 Å². The number of imidazole rings is 1. The summed E-state index contributed by atoms with van der Waals surface area (Å²) in [6, 6.07) is 7.88. The van der Waals surface area contributed by atoms with Crippen LogP contribution in [0.4, 0.5) is 14.6 Å². The van der Waals surface area contributed by atoms with Crippen LogP contribution in [0, 0.1) is 0 Å². The van der Waals surface area contributed by atoms with Crippen molar-refractivity contribution >= 4 is 11.5 Å². The highest BCUT2D eigenvalue weighted by molar-refractivity contribution is 5.62. The van der Waals surface area contributed by atoms with Crippen molar-refractivity contribution in [1.29, 1.82) is 0 Å². The van der Waals surface area contributed by atoms with Crippen LogP contribution in [-0.2, 0) is 0 Å². The number of aliphatic hydroxyl groups is 1. The van der Waals surface area contributed by atoms with Gasteiger partial charge in [-0.25, -0.2) is 18.7 Å². The predicted octanol–water partition coefficient (Wildman–Crippen LogP) is 2.47. The van der Waals surface area contributed by atoms with Crippen LogP contribution in [-0.4, -0.2) is 44.5 Å². The Kier molecular flexibility index (Phi) is 4.08. The van der Waals surface area contributed by atoms with Gasteiger partial charge in [-0.15, -0.1) is 0 Å². The highest BCUT2D eigenvalue weighted by Crippen LogP contribution is 2.26. The van der Waals surface area contributed by atoms with Crippen molar-refractivity contribution < 1.29 is 13.9 Å². The van der Waals surface area contributed by atoms with Crippen LogP contribution in [0.1, 0.15) is 18.6 Å². The minimum Gasteiger partial charge on any atom is -0.389 e. The van der Waals surface area contributed by atoms with E-state index < -0.39 is 18.1 Å². The van der Waals surface area contributed by atoms with Gasteiger partial charge in [0.25, 0.3) is 5.92 Å². The molecular weight excluding hydrogens is 340 g/mol. The van der Waals surface area contributed by atoms with Crippen molar-refractivity contribution in [3.8, 4) is 11.4 Å². The van der Waals surface area contributed by atoms with Crippen molar-refractivity contribution in [2.75, 3.05) is 18.4 Å². The van der Waals surface area contributed by atoms with E-state index >= 15 is 0 Å². The van der Waals surface area contributed by atoms with Gasteiger partial charge in [0, 0.05) is 12.7 Å². The molecule has 1 aliphatic heterocycles. The molecule has 1 saturated heterocycles. The third-order valence-corrected chi connectivity index (χ3v) is 4.56. The van der Waals surface area contributed by atoms with E-state index in [1.807, 2.05) is 16.5 Å². The summed E-state index contributed by atoms with van der Waals surface area (Å²) in [6.07, 6.45) is 2.88. The average molecular weight is 359 g/mol. The molecule has 4 rings (SSSR count). The fourth-order valence-corrected chi connectivity index (χ4v) is 3.08. The zero-order valence-corrected chi connectivity index (χ0v) is 14.2. The van der Waals surface area contributed by atoms with Crippen molar-refractivity contribution in [3.05, 3.63) is 48.3 Å². The van der Waals surface area contributed by atoms with Gasteiger partial charge in [0.15, 0.2) is 0 Å². The molecule has 0 spiro atoms. The maximum Gasteiger partial charge on any atom is 0.281 e. The van der Waals surface area contributed by atoms with Crippen LogP contribution in [0.5, 0.6) is 0 Å². The first kappa shape index (κ1) is 16.9. The number of nitrogens with zero attached hydrogens (tertiary/aromatic N) is 3. The highest BCUT2D eigenvalue weighted by Gasteiger charge is 2.44. The Morgan fingerprint density at radius 2 is 2.19 bits per heavy atom. The second-order valence-corrected chi connectivity index (χ2v) is 6.51. The second-order valence-electron chi connectivity index (χ2n) is 6.51. The van der Waals surface area contributed by atoms with Gasteiger partial charge < -0.3 is 15.7 Å². The average Bonchev–Trinajstić information content (AvgIpc) is 3.18. The summed E-state index contributed by atoms with van der Waals surface area (Å²) in [7, 11) is 0. The van der Waals surface area contributed by atoms with Gasteiger partial charge in [0.1, 0.15) is 17.5 Å². The first-order chi connectivity index (χ1) is 12.4. The Morgan fingerprint density at radius 1 is 1.35 bits per heavy atom. The zero-order chi connectivity index (χ0) is 18.3. The molecule has 3 N–H and O–H groups in total. The molecule has 0 radical (unpaired) electrons. The van der Waals surface area contributed by atoms with E-state index in [0.717, 1.165) is 16.9 Å². The molecule has 0 bridgehead atoms. The summed E-state index contributed by atoms with van der Waals surface area (Å²) in [5.74, 6) is -2.43. The highest BCUT2D eigenvalue weighted by atomic mass is 19.3. The minimum absolute atomic E-state index is 0.187. The Labute approximate surface area is 148 Å². The molecule has 3 aromatic heterocycles. The number of aromatic nitrogens is 3. The van der Waals surface area contributed by atoms with Gasteiger partial charge in [-0.1, -0.05) is 12.1 Å². The monoisotopic (exact) mass is 359 g/mol. The summed E-state index contributed by atoms with van der Waals surface area (Å²) in [4.78, 5) is 8.82. The lowest BCUT2D eigenvalue weighted by atomic mass is 10.2. The third kappa shape index (κ3) is 3.02. The molecule has 0 aromatic carbocycles. The SMILES string of the molecule is CC(O)c1ccc2ncc(-c3cccc(NC4CNCC4(F)F)n3)n2c1. The molecule has 26 heavy (non-hydrogen) atoms. The lowest BCUT2D eigenvalue weighted by Crippen LogP contribution is -2.38. The van der Waals surface area contributed by atoms with Gasteiger partial charge in [-0.2, -0.15) is 0 Å². The summed E-state index contributed by atoms with van der Waals surface area (Å²) < 4.78 is 29.4. The summed E-state index contributed by atoms with van der Waals surface area (Å²) in [6.45, 7) is 1.54. The van der Waals surface area contributed by atoms with Crippen LogP contribution >= 0.6 is 0 Å². The van der Waals surface area contributed by atoms with E-state index in [4.69, 9.17) is 0 Å². The number of nitrogens with one attached hydrogen (secondary N) is 2. The maximum absolute atomic E-state index is 13.8. The molecule has 4 heterocycles. The summed E-state index contributed by atoms with van der Waals surface area (Å²) in [5.41, 5.74) is 2.81. The number of hydrogen-bond acceptors (Lipinski definition) is 5. The molecule has 2 unspecified atom stereocenters. The number of aliphatic hydroxyl groups excluding tert-OH is 1. The molecule has 0 amide bonds. The van der Waals surface area contributed by atoms with Crippen LogP contribution in [0.2, 0.25) is 0 Å². The smallest absolute Gasteiger partial charge is 0.281 e. The van der Waals surface area contributed by atoms with E-state index in [-0.39, 0.29) is 13.1 Å². The molecule has 0 aliphatic carbocycles. The van der Waals surface area contributed by atoms with E-state index in [1.165, 1.54) is 0 Å². The molecule has 136 valence electrons. The molecule has 0 saturated carbocycles. The van der Waals surface area contributed by atoms with Crippen LogP contribution < -0.4 is 10.6 Å². The van der Waals surface area contributed by atoms with E-state index in [9.17, 15) is 13.9 Å². The number of rotatable bonds is 4. The first-order valence-corrected chi connectivity index (χ1v) is 8.41. The minimum atomic E-state index is -2.81. The standard InChI is InChI=1S/C18H19F2N5O/c1-11(26)12-5-6-17-22-7-14(25(17)9-12)13-3-2-4-16(23-13)24-15-8-21-10-18(15,19)20/h2-7,9,11,15,21,26H,8,10H2,1H3,(H,23,24). The van der Waals surface area contributed by atoms with Gasteiger partial charge in [0.2, 0.25) is 0 Å². The fraction of sp³-hybridized carbons (Fsp3) is 0.333. The fourth-order valence-electron chi connectivity index (χ4n) is 3.08. The Morgan fingerprint density at radius 3 is 2.92 bits per heavy atom. The summed E-state index contributed by atoms with van der Waals surface area (Å²) in [5, 5.41) is 15.3. The summed E-state index contributed by atoms with van der Waals surface area (Å²) >= 11 is 0. The van der Waals surface area contributed by atoms with Crippen LogP contribution in [0.3, 0.4) is 0 Å². The van der Waals surface area contributed by atoms with Crippen molar-refractivity contribution in [3.63, 3.8) is 0 Å². The molecule has 8 heteroatoms. The second kappa shape index (κ2) is 6.30. The topological polar surface area (TPSA) is 74.5 Å². The van der Waals surface area contributed by atoms with Gasteiger partial charge in [0.05, 0.1) is 30.2 Å². The zero-order valence-electron chi connectivity index (χ0n) is 14.2. The first-order valence-electron chi connectivity index (χ1n) is 8.41. The Bertz CT molecular complexity index is 940. The molecule has 1 fully saturated rings. The number of hydrogen-bond donors (Lipinski definition) is 3. The molecule has 3 aromatic rings. The maximum atomic E-state index is 13.8. The lowest BCUT2D eigenvalue weighted by Gasteiger charge is -2.20. The number of pyridine rings is 2. The number of anilines is 1. The normalized spacial score (nSPS) is 20.4. The van der Waals surface area contributed by atoms with Crippen LogP contribution in [0.25, 0.3) is 17.0 Å². The van der Waals surface area contributed by atoms with Gasteiger partial charge in [-0.3, -0.25) is 4.40 Å². The largest absolute Gasteiger partial charge is 0.389 e. The number of halogens is 2. The predicted molar refractivity (Wildman–Crippen MR) is 94.3 cm³/mol. The van der Waals surface area contributed by atoms with E-state index in [0.29, 0.717) is 11.5 Å². The van der Waals surface area contributed by atoms with Gasteiger partial charge >= 0.3 is 0 Å². The van der Waals surface area contributed by atoms with Crippen molar-refractivity contribution in [1.82, 2.24) is 19.7 Å². The van der Waals surface area contributed by atoms with E-state index in [1.54, 1.807) is 37.5 Å². The van der Waals surface area contributed by atoms with Crippen LogP contribution in [0.15, 0.2) is 42.7 Å².